The Bertz CT molecular complexity index is 570. The lowest BCUT2D eigenvalue weighted by atomic mass is 10.3. The van der Waals surface area contributed by atoms with E-state index in [2.05, 4.69) is 4.98 Å². The number of thiazole rings is 1. The lowest BCUT2D eigenvalue weighted by molar-refractivity contribution is 0.0777. The van der Waals surface area contributed by atoms with Gasteiger partial charge in [-0.05, 0) is 12.1 Å². The monoisotopic (exact) mass is 314 g/mol. The zero-order chi connectivity index (χ0) is 13.2. The minimum absolute atomic E-state index is 0.0298. The van der Waals surface area contributed by atoms with E-state index in [0.717, 1.165) is 6.42 Å². The number of aromatic nitrogens is 1. The van der Waals surface area contributed by atoms with Gasteiger partial charge in [0.1, 0.15) is 6.10 Å². The van der Waals surface area contributed by atoms with Crippen LogP contribution in [0.5, 0.6) is 5.19 Å². The molecule has 100 valence electrons. The number of thiophene rings is 1. The molecule has 0 N–H and O–H groups in total. The van der Waals surface area contributed by atoms with Crippen LogP contribution in [0.3, 0.4) is 0 Å². The summed E-state index contributed by atoms with van der Waals surface area (Å²) in [5.74, 6) is 0.0298. The molecular formula is C12H11ClN2O2S2. The number of amides is 1. The lowest BCUT2D eigenvalue weighted by Crippen LogP contribution is -2.30. The summed E-state index contributed by atoms with van der Waals surface area (Å²) in [6, 6.07) is 3.52. The van der Waals surface area contributed by atoms with Crippen molar-refractivity contribution in [2.45, 2.75) is 12.5 Å². The molecule has 1 atom stereocenters. The number of hydrogen-bond donors (Lipinski definition) is 0. The highest BCUT2D eigenvalue weighted by atomic mass is 35.5. The van der Waals surface area contributed by atoms with Crippen LogP contribution in [0.1, 0.15) is 16.1 Å². The Morgan fingerprint density at radius 1 is 1.53 bits per heavy atom. The molecule has 0 saturated carbocycles. The fraction of sp³-hybridized carbons (Fsp3) is 0.333. The lowest BCUT2D eigenvalue weighted by Gasteiger charge is -2.15. The van der Waals surface area contributed by atoms with Crippen molar-refractivity contribution in [3.05, 3.63) is 32.9 Å². The molecule has 2 aromatic heterocycles. The van der Waals surface area contributed by atoms with Gasteiger partial charge in [0.05, 0.1) is 15.8 Å². The Balaban J connectivity index is 1.61. The van der Waals surface area contributed by atoms with Crippen molar-refractivity contribution in [2.24, 2.45) is 0 Å². The van der Waals surface area contributed by atoms with Crippen molar-refractivity contribution in [3.8, 4) is 5.19 Å². The number of carbonyl (C=O) groups is 1. The zero-order valence-electron chi connectivity index (χ0n) is 9.91. The Kier molecular flexibility index (Phi) is 3.72. The Morgan fingerprint density at radius 2 is 2.42 bits per heavy atom. The fourth-order valence-corrected chi connectivity index (χ4v) is 3.57. The Labute approximate surface area is 123 Å². The maximum Gasteiger partial charge on any atom is 0.273 e. The number of ether oxygens (including phenoxy) is 1. The summed E-state index contributed by atoms with van der Waals surface area (Å²) in [6.07, 6.45) is 2.58. The van der Waals surface area contributed by atoms with Gasteiger partial charge in [0.2, 0.25) is 0 Å². The van der Waals surface area contributed by atoms with Gasteiger partial charge in [0, 0.05) is 24.5 Å². The molecule has 7 heteroatoms. The molecule has 1 fully saturated rings. The van der Waals surface area contributed by atoms with E-state index < -0.39 is 0 Å². The number of rotatable bonds is 3. The largest absolute Gasteiger partial charge is 0.465 e. The van der Waals surface area contributed by atoms with Crippen LogP contribution in [-0.4, -0.2) is 35.0 Å². The van der Waals surface area contributed by atoms with E-state index in [0.29, 0.717) is 27.5 Å². The molecule has 3 rings (SSSR count). The molecule has 2 aromatic rings. The summed E-state index contributed by atoms with van der Waals surface area (Å²) in [5, 5.41) is 2.54. The second kappa shape index (κ2) is 5.48. The predicted molar refractivity (Wildman–Crippen MR) is 76.4 cm³/mol. The topological polar surface area (TPSA) is 42.4 Å². The van der Waals surface area contributed by atoms with Gasteiger partial charge >= 0.3 is 0 Å². The van der Waals surface area contributed by atoms with Crippen molar-refractivity contribution in [1.29, 1.82) is 0 Å². The molecule has 0 aliphatic carbocycles. The zero-order valence-corrected chi connectivity index (χ0v) is 12.3. The van der Waals surface area contributed by atoms with Crippen LogP contribution in [0.25, 0.3) is 0 Å². The molecule has 4 nitrogen and oxygen atoms in total. The van der Waals surface area contributed by atoms with Crippen LogP contribution in [-0.2, 0) is 0 Å². The van der Waals surface area contributed by atoms with E-state index in [1.54, 1.807) is 23.2 Å². The van der Waals surface area contributed by atoms with Gasteiger partial charge in [0.15, 0.2) is 0 Å². The van der Waals surface area contributed by atoms with Crippen LogP contribution in [0.4, 0.5) is 0 Å². The Hall–Kier alpha value is -1.11. The molecule has 3 heterocycles. The maximum absolute atomic E-state index is 12.2. The normalized spacial score (nSPS) is 18.8. The number of nitrogens with zero attached hydrogens (tertiary/aromatic N) is 2. The molecule has 1 aliphatic heterocycles. The highest BCUT2D eigenvalue weighted by Crippen LogP contribution is 2.25. The van der Waals surface area contributed by atoms with E-state index >= 15 is 0 Å². The fourth-order valence-electron chi connectivity index (χ4n) is 2.01. The maximum atomic E-state index is 12.2. The molecule has 1 saturated heterocycles. The highest BCUT2D eigenvalue weighted by molar-refractivity contribution is 7.18. The molecule has 0 aromatic carbocycles. The van der Waals surface area contributed by atoms with Gasteiger partial charge in [-0.25, -0.2) is 4.98 Å². The molecule has 1 amide bonds. The molecule has 0 bridgehead atoms. The summed E-state index contributed by atoms with van der Waals surface area (Å²) in [5.41, 5.74) is 0. The smallest absolute Gasteiger partial charge is 0.273 e. The summed E-state index contributed by atoms with van der Waals surface area (Å²) >= 11 is 8.63. The summed E-state index contributed by atoms with van der Waals surface area (Å²) < 4.78 is 6.36. The minimum atomic E-state index is 0.0298. The first kappa shape index (κ1) is 12.9. The van der Waals surface area contributed by atoms with Crippen molar-refractivity contribution in [3.63, 3.8) is 0 Å². The highest BCUT2D eigenvalue weighted by Gasteiger charge is 2.29. The van der Waals surface area contributed by atoms with E-state index in [4.69, 9.17) is 16.3 Å². The standard InChI is InChI=1S/C12H11ClN2O2S2/c13-10-2-1-9(19-10)11(16)15-5-3-8(7-15)17-12-14-4-6-18-12/h1-2,4,6,8H,3,5,7H2. The van der Waals surface area contributed by atoms with Gasteiger partial charge < -0.3 is 9.64 Å². The minimum Gasteiger partial charge on any atom is -0.465 e. The number of halogens is 1. The quantitative estimate of drug-likeness (QED) is 0.874. The van der Waals surface area contributed by atoms with E-state index in [1.807, 2.05) is 5.38 Å². The first-order valence-electron chi connectivity index (χ1n) is 5.83. The van der Waals surface area contributed by atoms with Gasteiger partial charge in [-0.1, -0.05) is 22.9 Å². The van der Waals surface area contributed by atoms with Crippen molar-refractivity contribution >= 4 is 40.2 Å². The molecule has 0 spiro atoms. The van der Waals surface area contributed by atoms with Crippen LogP contribution in [0.2, 0.25) is 4.34 Å². The van der Waals surface area contributed by atoms with Crippen molar-refractivity contribution < 1.29 is 9.53 Å². The van der Waals surface area contributed by atoms with Crippen LogP contribution in [0, 0.1) is 0 Å². The first-order chi connectivity index (χ1) is 9.22. The van der Waals surface area contributed by atoms with Gasteiger partial charge in [-0.15, -0.1) is 11.3 Å². The summed E-state index contributed by atoms with van der Waals surface area (Å²) in [7, 11) is 0. The molecule has 0 radical (unpaired) electrons. The third-order valence-corrected chi connectivity index (χ3v) is 4.77. The first-order valence-corrected chi connectivity index (χ1v) is 7.90. The molecule has 19 heavy (non-hydrogen) atoms. The van der Waals surface area contributed by atoms with Gasteiger partial charge in [-0.2, -0.15) is 0 Å². The number of likely N-dealkylation sites (tertiary alicyclic amines) is 1. The average molecular weight is 315 g/mol. The van der Waals surface area contributed by atoms with E-state index in [1.165, 1.54) is 22.7 Å². The average Bonchev–Trinajstić information content (AvgIpc) is 3.10. The number of hydrogen-bond acceptors (Lipinski definition) is 5. The molecule has 1 aliphatic rings. The van der Waals surface area contributed by atoms with Crippen LogP contribution >= 0.6 is 34.3 Å². The summed E-state index contributed by atoms with van der Waals surface area (Å²) in [6.45, 7) is 1.32. The second-order valence-electron chi connectivity index (χ2n) is 4.18. The van der Waals surface area contributed by atoms with Gasteiger partial charge in [0.25, 0.3) is 11.1 Å². The van der Waals surface area contributed by atoms with Gasteiger partial charge in [-0.3, -0.25) is 4.79 Å². The SMILES string of the molecule is O=C(c1ccc(Cl)s1)N1CCC(Oc2nccs2)C1. The third kappa shape index (κ3) is 2.91. The Morgan fingerprint density at radius 3 is 3.11 bits per heavy atom. The summed E-state index contributed by atoms with van der Waals surface area (Å²) in [4.78, 5) is 18.8. The molecular weight excluding hydrogens is 304 g/mol. The van der Waals surface area contributed by atoms with Crippen LogP contribution in [0.15, 0.2) is 23.7 Å². The predicted octanol–water partition coefficient (Wildman–Crippen LogP) is 3.15. The number of carbonyl (C=O) groups excluding carboxylic acids is 1. The van der Waals surface area contributed by atoms with E-state index in [-0.39, 0.29) is 12.0 Å². The van der Waals surface area contributed by atoms with Crippen molar-refractivity contribution in [1.82, 2.24) is 9.88 Å². The van der Waals surface area contributed by atoms with Crippen molar-refractivity contribution in [2.75, 3.05) is 13.1 Å². The molecule has 1 unspecified atom stereocenters. The van der Waals surface area contributed by atoms with Crippen LogP contribution < -0.4 is 4.74 Å². The second-order valence-corrected chi connectivity index (χ2v) is 6.75. The van der Waals surface area contributed by atoms with E-state index in [9.17, 15) is 4.79 Å². The third-order valence-electron chi connectivity index (χ3n) is 2.89.